The van der Waals surface area contributed by atoms with Crippen molar-refractivity contribution in [3.05, 3.63) is 65.9 Å². The molecule has 2 aromatic heterocycles. The van der Waals surface area contributed by atoms with Gasteiger partial charge in [0.05, 0.1) is 11.7 Å². The normalized spacial score (nSPS) is 17.0. The molecule has 0 spiro atoms. The molecule has 0 saturated carbocycles. The molecular weight excluding hydrogens is 440 g/mol. The summed E-state index contributed by atoms with van der Waals surface area (Å²) in [7, 11) is 0. The summed E-state index contributed by atoms with van der Waals surface area (Å²) in [5, 5.41) is 10.4. The number of aromatic amines is 1. The topological polar surface area (TPSA) is 99.2 Å². The minimum Gasteiger partial charge on any atom is -0.304 e. The number of amides is 1. The third-order valence-corrected chi connectivity index (χ3v) is 5.69. The van der Waals surface area contributed by atoms with E-state index in [0.29, 0.717) is 30.8 Å². The number of allylic oxidation sites excluding steroid dienone is 1. The second kappa shape index (κ2) is 10.0. The van der Waals surface area contributed by atoms with Gasteiger partial charge in [-0.3, -0.25) is 24.8 Å². The van der Waals surface area contributed by atoms with E-state index in [1.54, 1.807) is 6.20 Å². The van der Waals surface area contributed by atoms with Gasteiger partial charge in [-0.15, -0.1) is 0 Å². The van der Waals surface area contributed by atoms with Crippen LogP contribution >= 0.6 is 0 Å². The largest absolute Gasteiger partial charge is 0.304 e. The van der Waals surface area contributed by atoms with E-state index < -0.39 is 11.8 Å². The molecule has 4 rings (SSSR count). The number of hydrogen-bond acceptors (Lipinski definition) is 6. The number of rotatable bonds is 7. The van der Waals surface area contributed by atoms with Crippen LogP contribution in [-0.2, 0) is 0 Å². The molecule has 34 heavy (non-hydrogen) atoms. The van der Waals surface area contributed by atoms with Crippen LogP contribution in [-0.4, -0.2) is 63.2 Å². The average molecular weight is 466 g/mol. The predicted molar refractivity (Wildman–Crippen MR) is 128 cm³/mol. The third kappa shape index (κ3) is 5.57. The Kier molecular flexibility index (Phi) is 6.87. The van der Waals surface area contributed by atoms with Gasteiger partial charge >= 0.3 is 0 Å². The van der Waals surface area contributed by atoms with Crippen LogP contribution in [0, 0.1) is 0 Å². The molecule has 2 N–H and O–H groups in total. The second-order valence-electron chi connectivity index (χ2n) is 8.22. The molecule has 0 bridgehead atoms. The number of piperidine rings is 1. The number of H-pyrrole nitrogens is 1. The smallest absolute Gasteiger partial charge is 0.277 e. The van der Waals surface area contributed by atoms with Crippen molar-refractivity contribution in [3.63, 3.8) is 0 Å². The summed E-state index contributed by atoms with van der Waals surface area (Å²) in [5.41, 5.74) is 3.65. The van der Waals surface area contributed by atoms with Crippen LogP contribution in [0.3, 0.4) is 0 Å². The number of carbonyl (C=O) groups excluding carboxylic acids is 1. The maximum atomic E-state index is 13.5. The van der Waals surface area contributed by atoms with Gasteiger partial charge < -0.3 is 5.32 Å². The Hall–Kier alpha value is -3.79. The van der Waals surface area contributed by atoms with Gasteiger partial charge in [0.15, 0.2) is 11.5 Å². The molecule has 1 aromatic carbocycles. The molecule has 0 unspecified atom stereocenters. The fourth-order valence-corrected chi connectivity index (χ4v) is 3.87. The standard InChI is InChI=1S/C24H25F2N7O/c1-16(11-17(13-27-2)15-33-9-5-24(25,26)6-10-33)18-3-4-20-19(12-18)22(32-31-20)23(34)30-21-14-28-7-8-29-21/h3-4,7-8,11-14H,2,5-6,9-10,15H2,1H3,(H,31,32)(H,29,30,34)/b16-11+,17-13+. The first-order valence-electron chi connectivity index (χ1n) is 10.8. The number of halogens is 2. The Morgan fingerprint density at radius 2 is 2.12 bits per heavy atom. The predicted octanol–water partition coefficient (Wildman–Crippen LogP) is 4.32. The number of alkyl halides is 2. The van der Waals surface area contributed by atoms with Crippen LogP contribution in [0.4, 0.5) is 14.6 Å². The molecule has 1 fully saturated rings. The van der Waals surface area contributed by atoms with Gasteiger partial charge in [0.1, 0.15) is 0 Å². The molecule has 10 heteroatoms. The lowest BCUT2D eigenvalue weighted by Crippen LogP contribution is -2.40. The van der Waals surface area contributed by atoms with Crippen molar-refractivity contribution in [1.29, 1.82) is 0 Å². The molecule has 1 amide bonds. The van der Waals surface area contributed by atoms with Gasteiger partial charge in [-0.1, -0.05) is 12.1 Å². The monoisotopic (exact) mass is 465 g/mol. The lowest BCUT2D eigenvalue weighted by molar-refractivity contribution is -0.0533. The molecule has 3 heterocycles. The molecule has 0 radical (unpaired) electrons. The summed E-state index contributed by atoms with van der Waals surface area (Å²) in [4.78, 5) is 26.6. The number of hydrogen-bond donors (Lipinski definition) is 2. The summed E-state index contributed by atoms with van der Waals surface area (Å²) in [6.45, 7) is 6.65. The van der Waals surface area contributed by atoms with Crippen molar-refractivity contribution in [2.75, 3.05) is 25.0 Å². The van der Waals surface area contributed by atoms with Gasteiger partial charge in [0.25, 0.3) is 11.8 Å². The number of aliphatic imine (C=N–C) groups is 1. The van der Waals surface area contributed by atoms with Crippen LogP contribution in [0.2, 0.25) is 0 Å². The Morgan fingerprint density at radius 1 is 1.32 bits per heavy atom. The SMILES string of the molecule is C=N/C=C(\C=C(/C)c1ccc2[nH]nc(C(=O)Nc3cnccn3)c2c1)CN1CCC(F)(F)CC1. The highest BCUT2D eigenvalue weighted by molar-refractivity contribution is 6.11. The van der Waals surface area contributed by atoms with Crippen molar-refractivity contribution in [3.8, 4) is 0 Å². The van der Waals surface area contributed by atoms with Crippen molar-refractivity contribution in [1.82, 2.24) is 25.1 Å². The van der Waals surface area contributed by atoms with Gasteiger partial charge in [0, 0.05) is 56.5 Å². The first-order chi connectivity index (χ1) is 16.3. The van der Waals surface area contributed by atoms with E-state index >= 15 is 0 Å². The minimum atomic E-state index is -2.58. The van der Waals surface area contributed by atoms with E-state index in [1.807, 2.05) is 36.1 Å². The summed E-state index contributed by atoms with van der Waals surface area (Å²) in [5.74, 6) is -2.65. The first kappa shape index (κ1) is 23.4. The molecule has 1 aliphatic rings. The van der Waals surface area contributed by atoms with Crippen LogP contribution in [0.15, 0.2) is 59.6 Å². The Balaban J connectivity index is 1.54. The molecular formula is C24H25F2N7O. The second-order valence-corrected chi connectivity index (χ2v) is 8.22. The van der Waals surface area contributed by atoms with Gasteiger partial charge in [-0.2, -0.15) is 5.10 Å². The van der Waals surface area contributed by atoms with Gasteiger partial charge in [-0.05, 0) is 42.5 Å². The van der Waals surface area contributed by atoms with E-state index in [1.165, 1.54) is 18.6 Å². The van der Waals surface area contributed by atoms with Crippen LogP contribution in [0.25, 0.3) is 16.5 Å². The van der Waals surface area contributed by atoms with E-state index in [-0.39, 0.29) is 18.5 Å². The number of carbonyl (C=O) groups is 1. The van der Waals surface area contributed by atoms with Gasteiger partial charge in [0.2, 0.25) is 0 Å². The quantitative estimate of drug-likeness (QED) is 0.400. The zero-order valence-electron chi connectivity index (χ0n) is 18.8. The lowest BCUT2D eigenvalue weighted by atomic mass is 10.0. The number of aromatic nitrogens is 4. The maximum absolute atomic E-state index is 13.5. The molecule has 0 aliphatic carbocycles. The van der Waals surface area contributed by atoms with Crippen molar-refractivity contribution >= 4 is 34.9 Å². The highest BCUT2D eigenvalue weighted by Gasteiger charge is 2.33. The summed E-state index contributed by atoms with van der Waals surface area (Å²) >= 11 is 0. The Labute approximate surface area is 195 Å². The zero-order valence-corrected chi connectivity index (χ0v) is 18.8. The van der Waals surface area contributed by atoms with Crippen molar-refractivity contribution < 1.29 is 13.6 Å². The Bertz CT molecular complexity index is 1240. The Morgan fingerprint density at radius 3 is 2.82 bits per heavy atom. The molecule has 1 aliphatic heterocycles. The molecule has 0 atom stereocenters. The highest BCUT2D eigenvalue weighted by atomic mass is 19.3. The van der Waals surface area contributed by atoms with Gasteiger partial charge in [-0.25, -0.2) is 13.8 Å². The fraction of sp³-hybridized carbons (Fsp3) is 0.292. The summed E-state index contributed by atoms with van der Waals surface area (Å²) in [6.07, 6.45) is 7.79. The van der Waals surface area contributed by atoms with Crippen molar-refractivity contribution in [2.24, 2.45) is 4.99 Å². The maximum Gasteiger partial charge on any atom is 0.277 e. The third-order valence-electron chi connectivity index (χ3n) is 5.69. The summed E-state index contributed by atoms with van der Waals surface area (Å²) < 4.78 is 27.0. The van der Waals surface area contributed by atoms with Crippen LogP contribution in [0.1, 0.15) is 35.8 Å². The van der Waals surface area contributed by atoms with Crippen LogP contribution < -0.4 is 5.32 Å². The molecule has 3 aromatic rings. The lowest BCUT2D eigenvalue weighted by Gasteiger charge is -2.31. The van der Waals surface area contributed by atoms with E-state index in [2.05, 4.69) is 37.2 Å². The first-order valence-corrected chi connectivity index (χ1v) is 10.8. The van der Waals surface area contributed by atoms with E-state index in [0.717, 1.165) is 22.2 Å². The number of likely N-dealkylation sites (tertiary alicyclic amines) is 1. The van der Waals surface area contributed by atoms with Crippen LogP contribution in [0.5, 0.6) is 0 Å². The fourth-order valence-electron chi connectivity index (χ4n) is 3.87. The average Bonchev–Trinajstić information content (AvgIpc) is 3.25. The number of nitrogens with one attached hydrogen (secondary N) is 2. The molecule has 8 nitrogen and oxygen atoms in total. The van der Waals surface area contributed by atoms with E-state index in [9.17, 15) is 13.6 Å². The molecule has 176 valence electrons. The number of nitrogens with zero attached hydrogens (tertiary/aromatic N) is 5. The number of benzene rings is 1. The highest BCUT2D eigenvalue weighted by Crippen LogP contribution is 2.29. The minimum absolute atomic E-state index is 0.138. The number of anilines is 1. The number of fused-ring (bicyclic) bond motifs is 1. The summed E-state index contributed by atoms with van der Waals surface area (Å²) in [6, 6.07) is 5.67. The molecule has 1 saturated heterocycles. The van der Waals surface area contributed by atoms with E-state index in [4.69, 9.17) is 0 Å². The van der Waals surface area contributed by atoms with Crippen molar-refractivity contribution in [2.45, 2.75) is 25.7 Å². The zero-order chi connectivity index (χ0) is 24.1.